The highest BCUT2D eigenvalue weighted by Crippen LogP contribution is 2.28. The lowest BCUT2D eigenvalue weighted by molar-refractivity contribution is -0.137. The summed E-state index contributed by atoms with van der Waals surface area (Å²) < 4.78 is 5.28. The van der Waals surface area contributed by atoms with Gasteiger partial charge >= 0.3 is 5.97 Å². The van der Waals surface area contributed by atoms with Crippen LogP contribution in [0.4, 0.5) is 5.69 Å². The van der Waals surface area contributed by atoms with Crippen LogP contribution in [0.25, 0.3) is 0 Å². The molecule has 8 nitrogen and oxygen atoms in total. The summed E-state index contributed by atoms with van der Waals surface area (Å²) in [6, 6.07) is 5.03. The van der Waals surface area contributed by atoms with Gasteiger partial charge in [0.15, 0.2) is 0 Å². The van der Waals surface area contributed by atoms with E-state index in [4.69, 9.17) is 15.6 Å². The van der Waals surface area contributed by atoms with Gasteiger partial charge in [-0.2, -0.15) is 0 Å². The van der Waals surface area contributed by atoms with E-state index >= 15 is 0 Å². The van der Waals surface area contributed by atoms with Crippen molar-refractivity contribution < 1.29 is 24.2 Å². The number of nitrogens with one attached hydrogen (secondary N) is 1. The Kier molecular flexibility index (Phi) is 11.5. The van der Waals surface area contributed by atoms with Crippen molar-refractivity contribution in [2.24, 2.45) is 5.73 Å². The molecule has 9 heteroatoms. The smallest absolute Gasteiger partial charge is 0.305 e. The summed E-state index contributed by atoms with van der Waals surface area (Å²) in [7, 11) is 1.61. The molecule has 30 heavy (non-hydrogen) atoms. The van der Waals surface area contributed by atoms with Gasteiger partial charge in [0.1, 0.15) is 0 Å². The number of para-hydroxylation sites is 1. The molecule has 0 aromatic heterocycles. The number of carboxylic acid groups (broad SMARTS) is 1. The summed E-state index contributed by atoms with van der Waals surface area (Å²) >= 11 is 1.28. The zero-order chi connectivity index (χ0) is 22.7. The lowest BCUT2D eigenvalue weighted by Gasteiger charge is -2.32. The summed E-state index contributed by atoms with van der Waals surface area (Å²) in [5.41, 5.74) is 8.88. The number of hydrogen-bond acceptors (Lipinski definition) is 6. The Morgan fingerprint density at radius 1 is 1.33 bits per heavy atom. The monoisotopic (exact) mass is 439 g/mol. The Labute approximate surface area is 182 Å². The van der Waals surface area contributed by atoms with Crippen LogP contribution in [0.15, 0.2) is 18.2 Å². The van der Waals surface area contributed by atoms with Crippen LogP contribution in [0.1, 0.15) is 31.4 Å². The summed E-state index contributed by atoms with van der Waals surface area (Å²) in [4.78, 5) is 37.3. The lowest BCUT2D eigenvalue weighted by Crippen LogP contribution is -2.45. The standard InChI is InChI=1S/C21H33N3O5S/c1-5-16-8-6-7-14(2)20(16)24(15(3)11-29-4)18(25)13-30-12-17(22)21(28)23-10-9-19(26)27/h6-8,15,17H,5,9-13,22H2,1-4H3,(H,23,28)(H,26,27)/t15-,17?/m0/s1. The molecule has 0 radical (unpaired) electrons. The van der Waals surface area contributed by atoms with Gasteiger partial charge in [-0.1, -0.05) is 25.1 Å². The lowest BCUT2D eigenvalue weighted by atomic mass is 10.0. The zero-order valence-electron chi connectivity index (χ0n) is 18.1. The van der Waals surface area contributed by atoms with E-state index in [1.54, 1.807) is 12.0 Å². The van der Waals surface area contributed by atoms with Gasteiger partial charge in [-0.05, 0) is 31.4 Å². The zero-order valence-corrected chi connectivity index (χ0v) is 19.0. The van der Waals surface area contributed by atoms with Crippen LogP contribution in [-0.4, -0.2) is 66.7 Å². The maximum atomic E-state index is 13.1. The Bertz CT molecular complexity index is 729. The van der Waals surface area contributed by atoms with Crippen molar-refractivity contribution in [1.29, 1.82) is 0 Å². The maximum absolute atomic E-state index is 13.1. The van der Waals surface area contributed by atoms with E-state index in [1.165, 1.54) is 11.8 Å². The minimum Gasteiger partial charge on any atom is -0.481 e. The molecule has 0 aliphatic rings. The van der Waals surface area contributed by atoms with Crippen molar-refractivity contribution in [2.45, 2.75) is 45.7 Å². The van der Waals surface area contributed by atoms with E-state index in [0.29, 0.717) is 6.61 Å². The average molecular weight is 440 g/mol. The Morgan fingerprint density at radius 3 is 2.63 bits per heavy atom. The fourth-order valence-electron chi connectivity index (χ4n) is 3.10. The number of nitrogens with zero attached hydrogens (tertiary/aromatic N) is 1. The van der Waals surface area contributed by atoms with Gasteiger partial charge in [0, 0.05) is 19.4 Å². The third kappa shape index (κ3) is 7.97. The second kappa shape index (κ2) is 13.3. The van der Waals surface area contributed by atoms with Crippen molar-refractivity contribution >= 4 is 35.2 Å². The SMILES string of the molecule is CCc1cccc(C)c1N(C(=O)CSCC(N)C(=O)NCCC(=O)O)[C@@H](C)COC. The molecule has 0 saturated heterocycles. The van der Waals surface area contributed by atoms with E-state index < -0.39 is 17.9 Å². The number of aliphatic carboxylic acids is 1. The van der Waals surface area contributed by atoms with E-state index in [9.17, 15) is 14.4 Å². The number of ether oxygens (including phenoxy) is 1. The number of aryl methyl sites for hydroxylation is 2. The first kappa shape index (κ1) is 25.9. The fourth-order valence-corrected chi connectivity index (χ4v) is 3.94. The molecule has 1 unspecified atom stereocenters. The third-order valence-corrected chi connectivity index (χ3v) is 5.60. The van der Waals surface area contributed by atoms with Gasteiger partial charge in [-0.15, -0.1) is 11.8 Å². The number of rotatable bonds is 13. The van der Waals surface area contributed by atoms with Crippen LogP contribution in [0.3, 0.4) is 0 Å². The van der Waals surface area contributed by atoms with Crippen LogP contribution < -0.4 is 16.0 Å². The molecule has 1 aromatic rings. The number of methoxy groups -OCH3 is 1. The number of amides is 2. The van der Waals surface area contributed by atoms with Gasteiger partial charge in [0.25, 0.3) is 0 Å². The molecule has 1 rings (SSSR count). The van der Waals surface area contributed by atoms with Gasteiger partial charge in [-0.25, -0.2) is 0 Å². The van der Waals surface area contributed by atoms with Gasteiger partial charge in [0.2, 0.25) is 11.8 Å². The van der Waals surface area contributed by atoms with E-state index in [-0.39, 0.29) is 36.4 Å². The number of thioether (sulfide) groups is 1. The van der Waals surface area contributed by atoms with Gasteiger partial charge < -0.3 is 25.8 Å². The first-order chi connectivity index (χ1) is 14.2. The molecule has 0 aliphatic heterocycles. The number of nitrogens with two attached hydrogens (primary N) is 1. The van der Waals surface area contributed by atoms with Crippen LogP contribution in [0, 0.1) is 6.92 Å². The summed E-state index contributed by atoms with van der Waals surface area (Å²) in [6.07, 6.45) is 0.641. The van der Waals surface area contributed by atoms with Crippen molar-refractivity contribution in [3.05, 3.63) is 29.3 Å². The predicted molar refractivity (Wildman–Crippen MR) is 120 cm³/mol. The van der Waals surface area contributed by atoms with E-state index in [2.05, 4.69) is 12.2 Å². The minimum atomic E-state index is -0.989. The molecular weight excluding hydrogens is 406 g/mol. The first-order valence-electron chi connectivity index (χ1n) is 9.95. The number of carbonyl (C=O) groups excluding carboxylic acids is 2. The highest BCUT2D eigenvalue weighted by Gasteiger charge is 2.26. The van der Waals surface area contributed by atoms with Crippen molar-refractivity contribution in [2.75, 3.05) is 36.7 Å². The molecule has 0 fully saturated rings. The van der Waals surface area contributed by atoms with Crippen molar-refractivity contribution in [3.8, 4) is 0 Å². The van der Waals surface area contributed by atoms with Crippen LogP contribution in [0.5, 0.6) is 0 Å². The molecule has 0 spiro atoms. The Morgan fingerprint density at radius 2 is 2.03 bits per heavy atom. The highest BCUT2D eigenvalue weighted by atomic mass is 32.2. The normalized spacial score (nSPS) is 12.8. The molecule has 1 aromatic carbocycles. The fraction of sp³-hybridized carbons (Fsp3) is 0.571. The minimum absolute atomic E-state index is 0.0286. The number of anilines is 1. The van der Waals surface area contributed by atoms with Crippen LogP contribution in [-0.2, 0) is 25.5 Å². The molecule has 0 aliphatic carbocycles. The number of carbonyl (C=O) groups is 3. The number of hydrogen-bond donors (Lipinski definition) is 3. The number of benzene rings is 1. The quantitative estimate of drug-likeness (QED) is 0.426. The Balaban J connectivity index is 2.78. The maximum Gasteiger partial charge on any atom is 0.305 e. The molecule has 168 valence electrons. The molecule has 2 amide bonds. The second-order valence-electron chi connectivity index (χ2n) is 7.06. The first-order valence-corrected chi connectivity index (χ1v) is 11.1. The summed E-state index contributed by atoms with van der Waals surface area (Å²) in [5, 5.41) is 11.1. The second-order valence-corrected chi connectivity index (χ2v) is 8.09. The molecule has 0 saturated carbocycles. The van der Waals surface area contributed by atoms with Gasteiger partial charge in [-0.3, -0.25) is 14.4 Å². The topological polar surface area (TPSA) is 122 Å². The highest BCUT2D eigenvalue weighted by molar-refractivity contribution is 8.00. The van der Waals surface area contributed by atoms with Crippen molar-refractivity contribution in [3.63, 3.8) is 0 Å². The summed E-state index contributed by atoms with van der Waals surface area (Å²) in [5.74, 6) is -1.07. The van der Waals surface area contributed by atoms with E-state index in [0.717, 1.165) is 23.2 Å². The summed E-state index contributed by atoms with van der Waals surface area (Å²) in [6.45, 7) is 6.41. The molecule has 0 bridgehead atoms. The van der Waals surface area contributed by atoms with Gasteiger partial charge in [0.05, 0.1) is 36.6 Å². The third-order valence-electron chi connectivity index (χ3n) is 4.56. The molecular formula is C21H33N3O5S. The largest absolute Gasteiger partial charge is 0.481 e. The van der Waals surface area contributed by atoms with Crippen LogP contribution in [0.2, 0.25) is 0 Å². The Hall–Kier alpha value is -2.10. The average Bonchev–Trinajstić information content (AvgIpc) is 2.69. The molecule has 0 heterocycles. The predicted octanol–water partition coefficient (Wildman–Crippen LogP) is 1.58. The molecule has 4 N–H and O–H groups in total. The van der Waals surface area contributed by atoms with Crippen molar-refractivity contribution in [1.82, 2.24) is 5.32 Å². The number of carboxylic acids is 1. The van der Waals surface area contributed by atoms with Crippen LogP contribution >= 0.6 is 11.8 Å². The molecule has 2 atom stereocenters. The van der Waals surface area contributed by atoms with E-state index in [1.807, 2.05) is 32.0 Å².